The van der Waals surface area contributed by atoms with Crippen molar-refractivity contribution in [2.75, 3.05) is 18.9 Å². The first-order chi connectivity index (χ1) is 14.1. The van der Waals surface area contributed by atoms with E-state index >= 15 is 0 Å². The van der Waals surface area contributed by atoms with E-state index in [1.165, 1.54) is 0 Å². The summed E-state index contributed by atoms with van der Waals surface area (Å²) >= 11 is 5.92. The van der Waals surface area contributed by atoms with Crippen molar-refractivity contribution in [1.29, 1.82) is 0 Å². The van der Waals surface area contributed by atoms with Gasteiger partial charge in [0.2, 0.25) is 0 Å². The number of anilines is 1. The molecule has 4 nitrogen and oxygen atoms in total. The summed E-state index contributed by atoms with van der Waals surface area (Å²) in [6.07, 6.45) is 3.93. The molecule has 29 heavy (non-hydrogen) atoms. The zero-order chi connectivity index (χ0) is 20.2. The Morgan fingerprint density at radius 2 is 1.83 bits per heavy atom. The number of likely N-dealkylation sites (N-methyl/N-ethyl adjacent to an activating group) is 1. The molecule has 1 unspecified atom stereocenters. The molecule has 1 aliphatic carbocycles. The molecular weight excluding hydrogens is 382 g/mol. The Morgan fingerprint density at radius 1 is 1.10 bits per heavy atom. The molecule has 1 atom stereocenters. The van der Waals surface area contributed by atoms with Gasteiger partial charge in [-0.05, 0) is 48.1 Å². The van der Waals surface area contributed by atoms with Gasteiger partial charge in [-0.2, -0.15) is 0 Å². The van der Waals surface area contributed by atoms with Gasteiger partial charge in [-0.3, -0.25) is 4.79 Å². The van der Waals surface area contributed by atoms with Gasteiger partial charge in [0, 0.05) is 25.4 Å². The molecule has 5 heteroatoms. The van der Waals surface area contributed by atoms with Crippen LogP contribution in [0.15, 0.2) is 72.9 Å². The molecule has 0 radical (unpaired) electrons. The number of halogens is 1. The van der Waals surface area contributed by atoms with Gasteiger partial charge in [0.05, 0.1) is 11.1 Å². The Bertz CT molecular complexity index is 971. The minimum absolute atomic E-state index is 0.0484. The summed E-state index contributed by atoms with van der Waals surface area (Å²) < 4.78 is 0. The van der Waals surface area contributed by atoms with Crippen LogP contribution in [0.25, 0.3) is 11.1 Å². The number of amides is 1. The van der Waals surface area contributed by atoms with E-state index in [9.17, 15) is 4.79 Å². The molecule has 0 saturated heterocycles. The number of nitrogens with one attached hydrogen (secondary N) is 1. The van der Waals surface area contributed by atoms with E-state index in [4.69, 9.17) is 11.6 Å². The van der Waals surface area contributed by atoms with E-state index in [0.29, 0.717) is 17.5 Å². The predicted molar refractivity (Wildman–Crippen MR) is 118 cm³/mol. The highest BCUT2D eigenvalue weighted by Gasteiger charge is 2.36. The molecule has 1 amide bonds. The third-order valence-electron chi connectivity index (χ3n) is 5.45. The molecule has 1 aromatic heterocycles. The van der Waals surface area contributed by atoms with Crippen molar-refractivity contribution in [3.05, 3.63) is 83.5 Å². The van der Waals surface area contributed by atoms with Crippen LogP contribution in [0.4, 0.5) is 5.82 Å². The van der Waals surface area contributed by atoms with Crippen LogP contribution in [0.3, 0.4) is 0 Å². The molecule has 0 spiro atoms. The average Bonchev–Trinajstić information content (AvgIpc) is 3.60. The summed E-state index contributed by atoms with van der Waals surface area (Å²) in [7, 11) is 1.91. The lowest BCUT2D eigenvalue weighted by molar-refractivity contribution is 0.0723. The van der Waals surface area contributed by atoms with Gasteiger partial charge in [0.25, 0.3) is 5.91 Å². The first-order valence-corrected chi connectivity index (χ1v) is 10.3. The van der Waals surface area contributed by atoms with Crippen molar-refractivity contribution in [1.82, 2.24) is 9.88 Å². The lowest BCUT2D eigenvalue weighted by atomic mass is 9.98. The molecule has 1 aliphatic rings. The standard InChI is InChI=1S/C24H24ClN3O/c1-28(22(18-11-12-18)16-27-23-14-13-19(25)15-26-23)24(29)21-10-6-5-9-20(21)17-7-3-2-4-8-17/h2-10,13-15,18,22H,11-12,16H2,1H3,(H,26,27). The Balaban J connectivity index is 1.53. The molecule has 1 heterocycles. The lowest BCUT2D eigenvalue weighted by Crippen LogP contribution is -2.43. The smallest absolute Gasteiger partial charge is 0.254 e. The number of benzene rings is 2. The Kier molecular flexibility index (Phi) is 5.81. The summed E-state index contributed by atoms with van der Waals surface area (Å²) in [5.41, 5.74) is 2.75. The number of carbonyl (C=O) groups is 1. The zero-order valence-electron chi connectivity index (χ0n) is 16.4. The van der Waals surface area contributed by atoms with E-state index in [1.807, 2.05) is 78.7 Å². The summed E-state index contributed by atoms with van der Waals surface area (Å²) in [6.45, 7) is 0.662. The second-order valence-corrected chi connectivity index (χ2v) is 7.91. The molecular formula is C24H24ClN3O. The van der Waals surface area contributed by atoms with Crippen LogP contribution in [0.1, 0.15) is 23.2 Å². The number of rotatable bonds is 7. The van der Waals surface area contributed by atoms with Crippen LogP contribution >= 0.6 is 11.6 Å². The van der Waals surface area contributed by atoms with Crippen molar-refractivity contribution in [2.45, 2.75) is 18.9 Å². The third kappa shape index (κ3) is 4.60. The second-order valence-electron chi connectivity index (χ2n) is 7.48. The molecule has 2 aromatic carbocycles. The molecule has 4 rings (SSSR count). The third-order valence-corrected chi connectivity index (χ3v) is 5.67. The number of nitrogens with zero attached hydrogens (tertiary/aromatic N) is 2. The van der Waals surface area contributed by atoms with E-state index < -0.39 is 0 Å². The van der Waals surface area contributed by atoms with Crippen molar-refractivity contribution in [2.24, 2.45) is 5.92 Å². The summed E-state index contributed by atoms with van der Waals surface area (Å²) in [5, 5.41) is 3.97. The summed E-state index contributed by atoms with van der Waals surface area (Å²) in [4.78, 5) is 19.6. The maximum absolute atomic E-state index is 13.4. The molecule has 1 fully saturated rings. The van der Waals surface area contributed by atoms with E-state index in [2.05, 4.69) is 10.3 Å². The van der Waals surface area contributed by atoms with Crippen molar-refractivity contribution < 1.29 is 4.79 Å². The van der Waals surface area contributed by atoms with Gasteiger partial charge in [0.1, 0.15) is 5.82 Å². The zero-order valence-corrected chi connectivity index (χ0v) is 17.1. The fourth-order valence-corrected chi connectivity index (χ4v) is 3.78. The van der Waals surface area contributed by atoms with Crippen LogP contribution < -0.4 is 5.32 Å². The highest BCUT2D eigenvalue weighted by Crippen LogP contribution is 2.36. The molecule has 0 aliphatic heterocycles. The lowest BCUT2D eigenvalue weighted by Gasteiger charge is -2.29. The molecule has 1 saturated carbocycles. The van der Waals surface area contributed by atoms with Gasteiger partial charge in [-0.15, -0.1) is 0 Å². The quantitative estimate of drug-likeness (QED) is 0.575. The highest BCUT2D eigenvalue weighted by atomic mass is 35.5. The van der Waals surface area contributed by atoms with Crippen LogP contribution in [0.5, 0.6) is 0 Å². The SMILES string of the molecule is CN(C(=O)c1ccccc1-c1ccccc1)C(CNc1ccc(Cl)cn1)C1CC1. The monoisotopic (exact) mass is 405 g/mol. The van der Waals surface area contributed by atoms with Gasteiger partial charge < -0.3 is 10.2 Å². The predicted octanol–water partition coefficient (Wildman–Crippen LogP) is 5.36. The maximum Gasteiger partial charge on any atom is 0.254 e. The molecule has 3 aromatic rings. The number of carbonyl (C=O) groups excluding carboxylic acids is 1. The molecule has 0 bridgehead atoms. The number of hydrogen-bond acceptors (Lipinski definition) is 3. The van der Waals surface area contributed by atoms with Gasteiger partial charge in [0.15, 0.2) is 0 Å². The maximum atomic E-state index is 13.4. The highest BCUT2D eigenvalue weighted by molar-refractivity contribution is 6.30. The average molecular weight is 406 g/mol. The Hall–Kier alpha value is -2.85. The van der Waals surface area contributed by atoms with Gasteiger partial charge >= 0.3 is 0 Å². The summed E-state index contributed by atoms with van der Waals surface area (Å²) in [5.74, 6) is 1.34. The number of aromatic nitrogens is 1. The van der Waals surface area contributed by atoms with Crippen LogP contribution in [0.2, 0.25) is 5.02 Å². The first-order valence-electron chi connectivity index (χ1n) is 9.90. The minimum atomic E-state index is 0.0484. The van der Waals surface area contributed by atoms with Crippen molar-refractivity contribution >= 4 is 23.3 Å². The largest absolute Gasteiger partial charge is 0.368 e. The second kappa shape index (κ2) is 8.66. The number of pyridine rings is 1. The van der Waals surface area contributed by atoms with Crippen LogP contribution in [-0.4, -0.2) is 35.4 Å². The summed E-state index contributed by atoms with van der Waals surface area (Å²) in [6, 6.07) is 21.7. The first kappa shape index (κ1) is 19.5. The van der Waals surface area contributed by atoms with Crippen LogP contribution in [-0.2, 0) is 0 Å². The van der Waals surface area contributed by atoms with Crippen LogP contribution in [0, 0.1) is 5.92 Å². The van der Waals surface area contributed by atoms with E-state index in [-0.39, 0.29) is 11.9 Å². The topological polar surface area (TPSA) is 45.2 Å². The Labute approximate surface area is 176 Å². The fourth-order valence-electron chi connectivity index (χ4n) is 3.67. The molecule has 148 valence electrons. The van der Waals surface area contributed by atoms with Crippen molar-refractivity contribution in [3.63, 3.8) is 0 Å². The Morgan fingerprint density at radius 3 is 2.52 bits per heavy atom. The van der Waals surface area contributed by atoms with E-state index in [1.54, 1.807) is 6.20 Å². The van der Waals surface area contributed by atoms with Gasteiger partial charge in [-0.25, -0.2) is 4.98 Å². The van der Waals surface area contributed by atoms with Crippen molar-refractivity contribution in [3.8, 4) is 11.1 Å². The van der Waals surface area contributed by atoms with E-state index in [0.717, 1.165) is 35.3 Å². The number of hydrogen-bond donors (Lipinski definition) is 1. The fraction of sp³-hybridized carbons (Fsp3) is 0.250. The van der Waals surface area contributed by atoms with Gasteiger partial charge in [-0.1, -0.05) is 60.1 Å². The minimum Gasteiger partial charge on any atom is -0.368 e. The normalized spacial score (nSPS) is 14.3. The molecule has 1 N–H and O–H groups in total.